The quantitative estimate of drug-likeness (QED) is 0.885. The van der Waals surface area contributed by atoms with Crippen molar-refractivity contribution in [2.24, 2.45) is 5.92 Å². The highest BCUT2D eigenvalue weighted by Crippen LogP contribution is 2.21. The molecule has 3 rings (SSSR count). The van der Waals surface area contributed by atoms with Gasteiger partial charge in [0, 0.05) is 37.7 Å². The van der Waals surface area contributed by atoms with Crippen molar-refractivity contribution in [1.29, 1.82) is 0 Å². The number of aliphatic hydroxyl groups excluding tert-OH is 1. The topological polar surface area (TPSA) is 49.2 Å². The predicted octanol–water partition coefficient (Wildman–Crippen LogP) is 3.30. The van der Waals surface area contributed by atoms with Crippen LogP contribution < -0.4 is 0 Å². The van der Waals surface area contributed by atoms with E-state index in [1.54, 1.807) is 0 Å². The molecule has 1 aromatic carbocycles. The maximum Gasteiger partial charge on any atom is 0.159 e. The highest BCUT2D eigenvalue weighted by atomic mass is 16.3. The zero-order chi connectivity index (χ0) is 16.8. The number of piperidine rings is 1. The minimum atomic E-state index is 0.300. The van der Waals surface area contributed by atoms with Gasteiger partial charge in [-0.3, -0.25) is 4.90 Å². The lowest BCUT2D eigenvalue weighted by atomic mass is 9.98. The van der Waals surface area contributed by atoms with Crippen molar-refractivity contribution in [3.63, 3.8) is 0 Å². The Morgan fingerprint density at radius 3 is 2.79 bits per heavy atom. The average Bonchev–Trinajstić information content (AvgIpc) is 2.63. The molecule has 0 aliphatic carbocycles. The molecule has 0 bridgehead atoms. The van der Waals surface area contributed by atoms with Gasteiger partial charge in [0.15, 0.2) is 5.82 Å². The van der Waals surface area contributed by atoms with Crippen LogP contribution in [0.2, 0.25) is 0 Å². The second-order valence-corrected chi connectivity index (χ2v) is 6.79. The maximum atomic E-state index is 9.39. The summed E-state index contributed by atoms with van der Waals surface area (Å²) in [7, 11) is 0. The van der Waals surface area contributed by atoms with Crippen LogP contribution in [0.15, 0.2) is 36.7 Å². The first-order valence-corrected chi connectivity index (χ1v) is 9.02. The summed E-state index contributed by atoms with van der Waals surface area (Å²) >= 11 is 0. The molecule has 1 aliphatic rings. The Morgan fingerprint density at radius 2 is 2.04 bits per heavy atom. The highest BCUT2D eigenvalue weighted by Gasteiger charge is 2.19. The van der Waals surface area contributed by atoms with Crippen LogP contribution >= 0.6 is 0 Å². The minimum Gasteiger partial charge on any atom is -0.396 e. The lowest BCUT2D eigenvalue weighted by molar-refractivity contribution is 0.116. The van der Waals surface area contributed by atoms with Gasteiger partial charge in [-0.25, -0.2) is 9.97 Å². The SMILES string of the molecule is CCCc1cnc(-c2cccc(CN3CCCC(CO)C3)c2)nc1. The Bertz CT molecular complexity index is 642. The molecule has 0 saturated carbocycles. The summed E-state index contributed by atoms with van der Waals surface area (Å²) < 4.78 is 0. The molecule has 2 heterocycles. The number of aliphatic hydroxyl groups is 1. The molecule has 4 heteroatoms. The summed E-state index contributed by atoms with van der Waals surface area (Å²) in [5.74, 6) is 1.22. The number of hydrogen-bond donors (Lipinski definition) is 1. The summed E-state index contributed by atoms with van der Waals surface area (Å²) in [6.45, 7) is 5.50. The van der Waals surface area contributed by atoms with E-state index in [0.717, 1.165) is 50.3 Å². The van der Waals surface area contributed by atoms with Crippen molar-refractivity contribution in [3.8, 4) is 11.4 Å². The van der Waals surface area contributed by atoms with Gasteiger partial charge in [0.05, 0.1) is 0 Å². The molecule has 1 fully saturated rings. The van der Waals surface area contributed by atoms with Gasteiger partial charge in [-0.2, -0.15) is 0 Å². The third-order valence-electron chi connectivity index (χ3n) is 4.70. The molecule has 2 aromatic rings. The number of hydrogen-bond acceptors (Lipinski definition) is 4. The molecule has 0 amide bonds. The average molecular weight is 325 g/mol. The molecular weight excluding hydrogens is 298 g/mol. The van der Waals surface area contributed by atoms with Gasteiger partial charge in [-0.05, 0) is 48.9 Å². The zero-order valence-electron chi connectivity index (χ0n) is 14.5. The molecule has 1 saturated heterocycles. The van der Waals surface area contributed by atoms with Crippen LogP contribution in [0.4, 0.5) is 0 Å². The lowest BCUT2D eigenvalue weighted by Crippen LogP contribution is -2.36. The van der Waals surface area contributed by atoms with E-state index in [1.165, 1.54) is 17.5 Å². The van der Waals surface area contributed by atoms with Crippen molar-refractivity contribution in [2.45, 2.75) is 39.2 Å². The lowest BCUT2D eigenvalue weighted by Gasteiger charge is -2.31. The molecule has 128 valence electrons. The summed E-state index contributed by atoms with van der Waals surface area (Å²) in [5.41, 5.74) is 3.55. The minimum absolute atomic E-state index is 0.300. The van der Waals surface area contributed by atoms with Crippen molar-refractivity contribution in [3.05, 3.63) is 47.8 Å². The van der Waals surface area contributed by atoms with Crippen LogP contribution in [-0.2, 0) is 13.0 Å². The normalized spacial score (nSPS) is 18.7. The van der Waals surface area contributed by atoms with E-state index >= 15 is 0 Å². The van der Waals surface area contributed by atoms with Gasteiger partial charge in [0.25, 0.3) is 0 Å². The van der Waals surface area contributed by atoms with E-state index in [1.807, 2.05) is 12.4 Å². The number of likely N-dealkylation sites (tertiary alicyclic amines) is 1. The first kappa shape index (κ1) is 17.1. The summed E-state index contributed by atoms with van der Waals surface area (Å²) in [6.07, 6.45) is 8.34. The van der Waals surface area contributed by atoms with Crippen LogP contribution in [-0.4, -0.2) is 39.7 Å². The Labute approximate surface area is 144 Å². The first-order chi connectivity index (χ1) is 11.8. The van der Waals surface area contributed by atoms with Gasteiger partial charge in [0.1, 0.15) is 0 Å². The van der Waals surface area contributed by atoms with E-state index in [2.05, 4.69) is 46.1 Å². The van der Waals surface area contributed by atoms with Gasteiger partial charge in [-0.1, -0.05) is 31.5 Å². The van der Waals surface area contributed by atoms with Gasteiger partial charge < -0.3 is 5.11 Å². The van der Waals surface area contributed by atoms with Crippen molar-refractivity contribution in [2.75, 3.05) is 19.7 Å². The van der Waals surface area contributed by atoms with Gasteiger partial charge >= 0.3 is 0 Å². The smallest absolute Gasteiger partial charge is 0.159 e. The van der Waals surface area contributed by atoms with Crippen molar-refractivity contribution < 1.29 is 5.11 Å². The van der Waals surface area contributed by atoms with Crippen LogP contribution in [0.5, 0.6) is 0 Å². The van der Waals surface area contributed by atoms with Gasteiger partial charge in [0.2, 0.25) is 0 Å². The Hall–Kier alpha value is -1.78. The number of benzene rings is 1. The summed E-state index contributed by atoms with van der Waals surface area (Å²) in [4.78, 5) is 11.5. The second kappa shape index (κ2) is 8.36. The fourth-order valence-electron chi connectivity index (χ4n) is 3.43. The zero-order valence-corrected chi connectivity index (χ0v) is 14.5. The first-order valence-electron chi connectivity index (χ1n) is 9.02. The molecule has 0 spiro atoms. The van der Waals surface area contributed by atoms with Crippen LogP contribution in [0.3, 0.4) is 0 Å². The molecule has 0 radical (unpaired) electrons. The van der Waals surface area contributed by atoms with E-state index in [4.69, 9.17) is 0 Å². The number of nitrogens with zero attached hydrogens (tertiary/aromatic N) is 3. The largest absolute Gasteiger partial charge is 0.396 e. The predicted molar refractivity (Wildman–Crippen MR) is 96.5 cm³/mol. The third-order valence-corrected chi connectivity index (χ3v) is 4.70. The second-order valence-electron chi connectivity index (χ2n) is 6.79. The molecule has 4 nitrogen and oxygen atoms in total. The van der Waals surface area contributed by atoms with Crippen LogP contribution in [0.1, 0.15) is 37.3 Å². The monoisotopic (exact) mass is 325 g/mol. The van der Waals surface area contributed by atoms with Crippen molar-refractivity contribution in [1.82, 2.24) is 14.9 Å². The molecule has 1 atom stereocenters. The molecule has 1 aromatic heterocycles. The molecule has 24 heavy (non-hydrogen) atoms. The van der Waals surface area contributed by atoms with Crippen LogP contribution in [0, 0.1) is 5.92 Å². The fourth-order valence-corrected chi connectivity index (χ4v) is 3.43. The third kappa shape index (κ3) is 4.40. The number of aryl methyl sites for hydroxylation is 1. The summed E-state index contributed by atoms with van der Waals surface area (Å²) in [6, 6.07) is 8.52. The molecule has 1 aliphatic heterocycles. The number of rotatable bonds is 6. The van der Waals surface area contributed by atoms with Crippen LogP contribution in [0.25, 0.3) is 11.4 Å². The standard InChI is InChI=1S/C20H27N3O/c1-2-5-17-11-21-20(22-12-17)19-8-3-6-16(10-19)13-23-9-4-7-18(14-23)15-24/h3,6,8,10-12,18,24H,2,4-5,7,9,13-15H2,1H3. The fraction of sp³-hybridized carbons (Fsp3) is 0.500. The molecule has 1 unspecified atom stereocenters. The van der Waals surface area contributed by atoms with Crippen molar-refractivity contribution >= 4 is 0 Å². The highest BCUT2D eigenvalue weighted by molar-refractivity contribution is 5.55. The van der Waals surface area contributed by atoms with E-state index in [-0.39, 0.29) is 0 Å². The van der Waals surface area contributed by atoms with E-state index in [0.29, 0.717) is 12.5 Å². The molecular formula is C20H27N3O. The van der Waals surface area contributed by atoms with E-state index in [9.17, 15) is 5.11 Å². The molecule has 1 N–H and O–H groups in total. The van der Waals surface area contributed by atoms with E-state index < -0.39 is 0 Å². The van der Waals surface area contributed by atoms with Gasteiger partial charge in [-0.15, -0.1) is 0 Å². The maximum absolute atomic E-state index is 9.39. The Balaban J connectivity index is 1.69. The summed E-state index contributed by atoms with van der Waals surface area (Å²) in [5, 5.41) is 9.39. The Morgan fingerprint density at radius 1 is 1.21 bits per heavy atom. The number of aromatic nitrogens is 2. The Kier molecular flexibility index (Phi) is 5.94.